The number of pyridine rings is 1. The quantitative estimate of drug-likeness (QED) is 0.686. The number of rotatable bonds is 4. The van der Waals surface area contributed by atoms with Crippen LogP contribution in [0.2, 0.25) is 5.02 Å². The maximum absolute atomic E-state index is 11.0. The van der Waals surface area contributed by atoms with Crippen molar-refractivity contribution < 1.29 is 14.8 Å². The number of carboxylic acid groups (broad SMARTS) is 1. The number of carbonyl (C=O) groups is 1. The molecule has 8 heteroatoms. The Morgan fingerprint density at radius 2 is 2.10 bits per heavy atom. The third-order valence-electron chi connectivity index (χ3n) is 2.32. The molecule has 0 aliphatic carbocycles. The Morgan fingerprint density at radius 1 is 1.35 bits per heavy atom. The molecule has 0 spiro atoms. The van der Waals surface area contributed by atoms with Gasteiger partial charge in [0, 0.05) is 11.0 Å². The molecule has 0 atom stereocenters. The van der Waals surface area contributed by atoms with Crippen molar-refractivity contribution in [2.24, 2.45) is 0 Å². The zero-order valence-electron chi connectivity index (χ0n) is 9.82. The van der Waals surface area contributed by atoms with E-state index in [0.717, 1.165) is 6.20 Å². The van der Waals surface area contributed by atoms with Gasteiger partial charge in [0.25, 0.3) is 5.69 Å². The summed E-state index contributed by atoms with van der Waals surface area (Å²) in [4.78, 5) is 25.5. The standard InChI is InChI=1S/C12H7ClN2O4S/c13-10-3-2-8(5-9(10)12(16)17)20-11-4-1-7(6-14-11)15(18)19/h1-6H,(H,16,17). The van der Waals surface area contributed by atoms with Gasteiger partial charge in [-0.05, 0) is 24.3 Å². The van der Waals surface area contributed by atoms with Gasteiger partial charge in [0.2, 0.25) is 0 Å². The van der Waals surface area contributed by atoms with Crippen molar-refractivity contribution in [2.45, 2.75) is 9.92 Å². The van der Waals surface area contributed by atoms with Crippen LogP contribution >= 0.6 is 23.4 Å². The van der Waals surface area contributed by atoms with Crippen LogP contribution in [-0.2, 0) is 0 Å². The molecule has 0 unspecified atom stereocenters. The summed E-state index contributed by atoms with van der Waals surface area (Å²) in [7, 11) is 0. The summed E-state index contributed by atoms with van der Waals surface area (Å²) < 4.78 is 0. The molecular weight excluding hydrogens is 304 g/mol. The van der Waals surface area contributed by atoms with Crippen LogP contribution in [0, 0.1) is 10.1 Å². The van der Waals surface area contributed by atoms with E-state index in [1.54, 1.807) is 6.07 Å². The van der Waals surface area contributed by atoms with E-state index in [2.05, 4.69) is 4.98 Å². The lowest BCUT2D eigenvalue weighted by Gasteiger charge is -2.03. The van der Waals surface area contributed by atoms with Gasteiger partial charge in [-0.3, -0.25) is 10.1 Å². The predicted octanol–water partition coefficient (Wildman–Crippen LogP) is 3.49. The minimum absolute atomic E-state index is 0.00132. The SMILES string of the molecule is O=C(O)c1cc(Sc2ccc([N+](=O)[O-])cn2)ccc1Cl. The molecule has 0 saturated heterocycles. The van der Waals surface area contributed by atoms with Crippen LogP contribution in [0.4, 0.5) is 5.69 Å². The van der Waals surface area contributed by atoms with Crippen molar-refractivity contribution >= 4 is 35.0 Å². The first kappa shape index (κ1) is 14.3. The Labute approximate surface area is 122 Å². The second-order valence-corrected chi connectivity index (χ2v) is 5.16. The largest absolute Gasteiger partial charge is 0.478 e. The number of nitrogens with zero attached hydrogens (tertiary/aromatic N) is 2. The van der Waals surface area contributed by atoms with Crippen molar-refractivity contribution in [2.75, 3.05) is 0 Å². The normalized spacial score (nSPS) is 10.2. The third kappa shape index (κ3) is 3.25. The highest BCUT2D eigenvalue weighted by molar-refractivity contribution is 7.99. The van der Waals surface area contributed by atoms with Crippen molar-refractivity contribution in [1.82, 2.24) is 4.98 Å². The smallest absolute Gasteiger partial charge is 0.337 e. The van der Waals surface area contributed by atoms with E-state index >= 15 is 0 Å². The Hall–Kier alpha value is -2.12. The second-order valence-electron chi connectivity index (χ2n) is 3.66. The number of hydrogen-bond acceptors (Lipinski definition) is 5. The lowest BCUT2D eigenvalue weighted by atomic mass is 10.2. The van der Waals surface area contributed by atoms with Crippen molar-refractivity contribution in [3.63, 3.8) is 0 Å². The Kier molecular flexibility index (Phi) is 4.21. The molecule has 2 rings (SSSR count). The van der Waals surface area contributed by atoms with E-state index in [1.165, 1.54) is 36.0 Å². The van der Waals surface area contributed by atoms with Crippen molar-refractivity contribution in [1.29, 1.82) is 0 Å². The van der Waals surface area contributed by atoms with Gasteiger partial charge in [-0.15, -0.1) is 0 Å². The molecule has 1 heterocycles. The first-order valence-corrected chi connectivity index (χ1v) is 6.48. The number of nitro groups is 1. The molecule has 2 aromatic rings. The molecule has 20 heavy (non-hydrogen) atoms. The zero-order valence-corrected chi connectivity index (χ0v) is 11.4. The van der Waals surface area contributed by atoms with Gasteiger partial charge < -0.3 is 5.11 Å². The van der Waals surface area contributed by atoms with Gasteiger partial charge in [0.15, 0.2) is 0 Å². The fraction of sp³-hybridized carbons (Fsp3) is 0. The molecule has 1 aromatic heterocycles. The highest BCUT2D eigenvalue weighted by atomic mass is 35.5. The minimum atomic E-state index is -1.12. The number of aromatic carboxylic acids is 1. The van der Waals surface area contributed by atoms with E-state index in [1.807, 2.05) is 0 Å². The maximum atomic E-state index is 11.0. The van der Waals surface area contributed by atoms with Gasteiger partial charge in [-0.25, -0.2) is 9.78 Å². The van der Waals surface area contributed by atoms with Crippen molar-refractivity contribution in [3.05, 3.63) is 57.2 Å². The van der Waals surface area contributed by atoms with Crippen molar-refractivity contribution in [3.8, 4) is 0 Å². The fourth-order valence-electron chi connectivity index (χ4n) is 1.39. The molecule has 0 fully saturated rings. The van der Waals surface area contributed by atoms with Crippen LogP contribution in [-0.4, -0.2) is 21.0 Å². The first-order chi connectivity index (χ1) is 9.47. The van der Waals surface area contributed by atoms with Gasteiger partial charge in [0.1, 0.15) is 11.2 Å². The highest BCUT2D eigenvalue weighted by Crippen LogP contribution is 2.30. The Bertz CT molecular complexity index is 676. The van der Waals surface area contributed by atoms with Gasteiger partial charge in [0.05, 0.1) is 15.5 Å². The van der Waals surface area contributed by atoms with E-state index in [-0.39, 0.29) is 16.3 Å². The number of carboxylic acids is 1. The van der Waals surface area contributed by atoms with Gasteiger partial charge in [-0.1, -0.05) is 23.4 Å². The maximum Gasteiger partial charge on any atom is 0.337 e. The van der Waals surface area contributed by atoms with E-state index in [0.29, 0.717) is 9.92 Å². The summed E-state index contributed by atoms with van der Waals surface area (Å²) in [6.45, 7) is 0. The lowest BCUT2D eigenvalue weighted by Crippen LogP contribution is -1.97. The molecule has 1 N–H and O–H groups in total. The topological polar surface area (TPSA) is 93.3 Å². The van der Waals surface area contributed by atoms with Gasteiger partial charge >= 0.3 is 5.97 Å². The molecule has 6 nitrogen and oxygen atoms in total. The molecule has 0 bridgehead atoms. The molecule has 0 saturated carbocycles. The Balaban J connectivity index is 2.23. The summed E-state index contributed by atoms with van der Waals surface area (Å²) in [6, 6.07) is 7.40. The number of halogens is 1. The molecule has 0 aliphatic heterocycles. The number of hydrogen-bond donors (Lipinski definition) is 1. The van der Waals surface area contributed by atoms with Gasteiger partial charge in [-0.2, -0.15) is 0 Å². The van der Waals surface area contributed by atoms with Crippen LogP contribution in [0.15, 0.2) is 46.5 Å². The molecule has 1 aromatic carbocycles. The molecule has 102 valence electrons. The molecule has 0 aliphatic rings. The van der Waals surface area contributed by atoms with E-state index < -0.39 is 10.9 Å². The summed E-state index contributed by atoms with van der Waals surface area (Å²) >= 11 is 6.96. The molecule has 0 amide bonds. The monoisotopic (exact) mass is 310 g/mol. The van der Waals surface area contributed by atoms with Crippen LogP contribution in [0.1, 0.15) is 10.4 Å². The lowest BCUT2D eigenvalue weighted by molar-refractivity contribution is -0.385. The van der Waals surface area contributed by atoms with Crippen LogP contribution in [0.5, 0.6) is 0 Å². The van der Waals surface area contributed by atoms with E-state index in [4.69, 9.17) is 16.7 Å². The molecule has 0 radical (unpaired) electrons. The summed E-state index contributed by atoms with van der Waals surface area (Å²) in [5, 5.41) is 20.1. The average molecular weight is 311 g/mol. The first-order valence-electron chi connectivity index (χ1n) is 5.28. The molecular formula is C12H7ClN2O4S. The zero-order chi connectivity index (χ0) is 14.7. The summed E-state index contributed by atoms with van der Waals surface area (Å²) in [5.41, 5.74) is -0.102. The number of benzene rings is 1. The second kappa shape index (κ2) is 5.89. The predicted molar refractivity (Wildman–Crippen MR) is 73.4 cm³/mol. The minimum Gasteiger partial charge on any atom is -0.478 e. The average Bonchev–Trinajstić information content (AvgIpc) is 2.41. The number of aromatic nitrogens is 1. The van der Waals surface area contributed by atoms with E-state index in [9.17, 15) is 14.9 Å². The third-order valence-corrected chi connectivity index (χ3v) is 3.59. The Morgan fingerprint density at radius 3 is 2.65 bits per heavy atom. The summed E-state index contributed by atoms with van der Waals surface area (Å²) in [5.74, 6) is -1.12. The van der Waals surface area contributed by atoms with Crippen LogP contribution in [0.25, 0.3) is 0 Å². The summed E-state index contributed by atoms with van der Waals surface area (Å²) in [6.07, 6.45) is 1.15. The fourth-order valence-corrected chi connectivity index (χ4v) is 2.39. The highest BCUT2D eigenvalue weighted by Gasteiger charge is 2.11. The van der Waals surface area contributed by atoms with Crippen LogP contribution in [0.3, 0.4) is 0 Å². The van der Waals surface area contributed by atoms with Crippen LogP contribution < -0.4 is 0 Å².